The molecule has 1 aromatic heterocycles. The van der Waals surface area contributed by atoms with Crippen LogP contribution in [-0.4, -0.2) is 39.1 Å². The molecule has 2 aromatic rings. The van der Waals surface area contributed by atoms with Crippen molar-refractivity contribution in [1.29, 1.82) is 0 Å². The van der Waals surface area contributed by atoms with Gasteiger partial charge in [0.25, 0.3) is 0 Å². The number of hydrogen-bond donors (Lipinski definition) is 1. The molecule has 8 heteroatoms. The molecule has 1 aromatic carbocycles. The molecule has 5 nitrogen and oxygen atoms in total. The van der Waals surface area contributed by atoms with Crippen LogP contribution in [-0.2, 0) is 20.9 Å². The number of carbonyl (C=O) groups excluding carboxylic acids is 3. The van der Waals surface area contributed by atoms with E-state index >= 15 is 0 Å². The lowest BCUT2D eigenvalue weighted by molar-refractivity contribution is -0.135. The molecule has 1 heterocycles. The summed E-state index contributed by atoms with van der Waals surface area (Å²) in [5, 5.41) is 3.11. The van der Waals surface area contributed by atoms with Gasteiger partial charge in [0.15, 0.2) is 11.5 Å². The zero-order valence-corrected chi connectivity index (χ0v) is 25.8. The molecule has 0 aliphatic heterocycles. The van der Waals surface area contributed by atoms with Gasteiger partial charge in [0.05, 0.1) is 16.1 Å². The molecule has 2 saturated carbocycles. The molecule has 4 rings (SSSR count). The number of alkyl halides is 1. The summed E-state index contributed by atoms with van der Waals surface area (Å²) >= 11 is 3.40. The second-order valence-corrected chi connectivity index (χ2v) is 13.7. The predicted molar refractivity (Wildman–Crippen MR) is 160 cm³/mol. The molecule has 39 heavy (non-hydrogen) atoms. The number of hydrogen-bond acceptors (Lipinski definition) is 6. The number of carbonyl (C=O) groups is 3. The van der Waals surface area contributed by atoms with Gasteiger partial charge in [-0.15, -0.1) is 11.3 Å². The minimum Gasteiger partial charge on any atom is -0.352 e. The standard InChI is InChI=1S/C26H36N2O2S2.C5H7FO/c1-6-8-22(26(3,4)31-5)23(29)20-9-7-10-21(20)25(30)27-15-18-11-13-19(14-12-18)24-17(2)28-16-32-24;1-4(7)5(6)2-3-5/h11-14,16,20-22H,6-10,15H2,1-5H3,(H,27,30);2-3H2,1H3. The van der Waals surface area contributed by atoms with E-state index in [0.29, 0.717) is 25.2 Å². The fourth-order valence-electron chi connectivity index (χ4n) is 5.27. The zero-order chi connectivity index (χ0) is 28.8. The fourth-order valence-corrected chi connectivity index (χ4v) is 6.60. The number of aryl methyl sites for hydroxylation is 1. The first-order valence-electron chi connectivity index (χ1n) is 14.0. The number of rotatable bonds is 11. The molecule has 0 spiro atoms. The second kappa shape index (κ2) is 13.5. The highest BCUT2D eigenvalue weighted by atomic mass is 32.2. The monoisotopic (exact) mass is 574 g/mol. The second-order valence-electron chi connectivity index (χ2n) is 11.4. The number of aromatic nitrogens is 1. The summed E-state index contributed by atoms with van der Waals surface area (Å²) < 4.78 is 12.2. The maximum atomic E-state index is 13.5. The van der Waals surface area contributed by atoms with Gasteiger partial charge in [0, 0.05) is 29.0 Å². The normalized spacial score (nSPS) is 20.5. The summed E-state index contributed by atoms with van der Waals surface area (Å²) in [6.45, 7) is 10.3. The number of nitrogens with zero attached hydrogens (tertiary/aromatic N) is 1. The van der Waals surface area contributed by atoms with Gasteiger partial charge in [-0.3, -0.25) is 14.4 Å². The van der Waals surface area contributed by atoms with Crippen LogP contribution in [0, 0.1) is 24.7 Å². The quantitative estimate of drug-likeness (QED) is 0.304. The maximum absolute atomic E-state index is 13.5. The van der Waals surface area contributed by atoms with E-state index in [-0.39, 0.29) is 34.2 Å². The Morgan fingerprint density at radius 2 is 1.82 bits per heavy atom. The van der Waals surface area contributed by atoms with Crippen LogP contribution in [0.4, 0.5) is 4.39 Å². The third kappa shape index (κ3) is 8.00. The first kappa shape index (κ1) is 31.5. The molecule has 214 valence electrons. The third-order valence-electron chi connectivity index (χ3n) is 8.25. The highest BCUT2D eigenvalue weighted by molar-refractivity contribution is 8.00. The van der Waals surface area contributed by atoms with Crippen molar-refractivity contribution in [3.05, 3.63) is 41.0 Å². The number of Topliss-reactive ketones (excluding diaryl/α,β-unsaturated/α-hetero) is 2. The topological polar surface area (TPSA) is 76.1 Å². The molecule has 2 aliphatic carbocycles. The van der Waals surface area contributed by atoms with Crippen LogP contribution in [0.15, 0.2) is 29.8 Å². The Bertz CT molecular complexity index is 1140. The maximum Gasteiger partial charge on any atom is 0.224 e. The molecule has 2 fully saturated rings. The highest BCUT2D eigenvalue weighted by Crippen LogP contribution is 2.42. The molecule has 3 atom stereocenters. The van der Waals surface area contributed by atoms with Crippen molar-refractivity contribution in [3.8, 4) is 10.4 Å². The lowest BCUT2D eigenvalue weighted by Crippen LogP contribution is -2.42. The van der Waals surface area contributed by atoms with E-state index in [1.807, 2.05) is 12.4 Å². The van der Waals surface area contributed by atoms with Gasteiger partial charge in [0.2, 0.25) is 5.91 Å². The average molecular weight is 575 g/mol. The summed E-state index contributed by atoms with van der Waals surface area (Å²) in [6.07, 6.45) is 7.45. The summed E-state index contributed by atoms with van der Waals surface area (Å²) in [7, 11) is 0. The van der Waals surface area contributed by atoms with E-state index in [0.717, 1.165) is 48.9 Å². The van der Waals surface area contributed by atoms with Crippen LogP contribution < -0.4 is 5.32 Å². The van der Waals surface area contributed by atoms with Gasteiger partial charge in [0.1, 0.15) is 5.78 Å². The molecule has 0 saturated heterocycles. The lowest BCUT2D eigenvalue weighted by Gasteiger charge is -2.34. The lowest BCUT2D eigenvalue weighted by atomic mass is 9.77. The first-order valence-corrected chi connectivity index (χ1v) is 16.1. The van der Waals surface area contributed by atoms with Gasteiger partial charge in [-0.2, -0.15) is 11.8 Å². The van der Waals surface area contributed by atoms with E-state index in [1.165, 1.54) is 11.8 Å². The highest BCUT2D eigenvalue weighted by Gasteiger charge is 2.48. The predicted octanol–water partition coefficient (Wildman–Crippen LogP) is 7.36. The van der Waals surface area contributed by atoms with Crippen LogP contribution >= 0.6 is 23.1 Å². The Morgan fingerprint density at radius 3 is 2.31 bits per heavy atom. The van der Waals surface area contributed by atoms with Gasteiger partial charge < -0.3 is 5.32 Å². The van der Waals surface area contributed by atoms with Gasteiger partial charge in [-0.25, -0.2) is 9.37 Å². The number of halogens is 1. The van der Waals surface area contributed by atoms with E-state index in [4.69, 9.17) is 0 Å². The first-order chi connectivity index (χ1) is 18.4. The minimum absolute atomic E-state index is 0.00337. The molecule has 3 unspecified atom stereocenters. The number of thioether (sulfide) groups is 1. The molecule has 1 amide bonds. The largest absolute Gasteiger partial charge is 0.352 e. The van der Waals surface area contributed by atoms with Crippen LogP contribution in [0.1, 0.15) is 83.9 Å². The molecular formula is C31H43FN2O3S2. The third-order valence-corrected chi connectivity index (χ3v) is 10.6. The Balaban J connectivity index is 0.000000520. The molecule has 0 bridgehead atoms. The summed E-state index contributed by atoms with van der Waals surface area (Å²) in [4.78, 5) is 42.2. The van der Waals surface area contributed by atoms with Crippen molar-refractivity contribution in [1.82, 2.24) is 10.3 Å². The Hall–Kier alpha value is -2.06. The van der Waals surface area contributed by atoms with E-state index in [9.17, 15) is 18.8 Å². The van der Waals surface area contributed by atoms with Gasteiger partial charge in [-0.1, -0.05) is 57.9 Å². The van der Waals surface area contributed by atoms with Crippen LogP contribution in [0.2, 0.25) is 0 Å². The molecular weight excluding hydrogens is 531 g/mol. The molecule has 1 N–H and O–H groups in total. The van der Waals surface area contributed by atoms with Crippen LogP contribution in [0.25, 0.3) is 10.4 Å². The van der Waals surface area contributed by atoms with Crippen molar-refractivity contribution in [2.45, 2.75) is 96.5 Å². The van der Waals surface area contributed by atoms with E-state index in [2.05, 4.69) is 61.6 Å². The van der Waals surface area contributed by atoms with Crippen molar-refractivity contribution in [3.63, 3.8) is 0 Å². The Kier molecular flexibility index (Phi) is 10.9. The Morgan fingerprint density at radius 1 is 1.18 bits per heavy atom. The van der Waals surface area contributed by atoms with Gasteiger partial charge >= 0.3 is 0 Å². The summed E-state index contributed by atoms with van der Waals surface area (Å²) in [6, 6.07) is 8.29. The summed E-state index contributed by atoms with van der Waals surface area (Å²) in [5.74, 6) is -0.321. The van der Waals surface area contributed by atoms with E-state index in [1.54, 1.807) is 23.1 Å². The fraction of sp³-hybridized carbons (Fsp3) is 0.613. The van der Waals surface area contributed by atoms with Crippen molar-refractivity contribution in [2.24, 2.45) is 17.8 Å². The van der Waals surface area contributed by atoms with Crippen molar-refractivity contribution in [2.75, 3.05) is 6.26 Å². The van der Waals surface area contributed by atoms with Gasteiger partial charge in [-0.05, 0) is 63.3 Å². The average Bonchev–Trinajstić information content (AvgIpc) is 3.29. The number of nitrogens with one attached hydrogen (secondary N) is 1. The Labute approximate surface area is 241 Å². The molecule has 0 radical (unpaired) electrons. The van der Waals surface area contributed by atoms with E-state index < -0.39 is 5.67 Å². The number of ketones is 2. The summed E-state index contributed by atoms with van der Waals surface area (Å²) in [5.41, 5.74) is 3.74. The van der Waals surface area contributed by atoms with Crippen molar-refractivity contribution >= 4 is 40.6 Å². The number of benzene rings is 1. The number of thiazole rings is 1. The number of amides is 1. The molecule has 2 aliphatic rings. The zero-order valence-electron chi connectivity index (χ0n) is 24.1. The van der Waals surface area contributed by atoms with Crippen LogP contribution in [0.3, 0.4) is 0 Å². The van der Waals surface area contributed by atoms with Crippen LogP contribution in [0.5, 0.6) is 0 Å². The minimum atomic E-state index is -1.39. The van der Waals surface area contributed by atoms with Crippen molar-refractivity contribution < 1.29 is 18.8 Å². The SMILES string of the molecule is CC(=O)C1(F)CC1.CCCC(C(=O)C1CCCC1C(=O)NCc1ccc(-c2scnc2C)cc1)C(C)(C)SC. The smallest absolute Gasteiger partial charge is 0.224 e.